The molecule has 0 bridgehead atoms. The molecule has 0 amide bonds. The lowest BCUT2D eigenvalue weighted by molar-refractivity contribution is -0.385. The molecule has 2 aliphatic rings. The molecule has 3 aromatic rings. The fourth-order valence-corrected chi connectivity index (χ4v) is 5.19. The lowest BCUT2D eigenvalue weighted by Gasteiger charge is -2.30. The van der Waals surface area contributed by atoms with Gasteiger partial charge < -0.3 is 20.1 Å². The third-order valence-corrected chi connectivity index (χ3v) is 7.03. The molecular formula is C29H29N3O5. The summed E-state index contributed by atoms with van der Waals surface area (Å²) < 4.78 is 11.2. The number of carbonyl (C=O) groups is 1. The Balaban J connectivity index is 1.58. The van der Waals surface area contributed by atoms with E-state index in [9.17, 15) is 14.9 Å². The first kappa shape index (κ1) is 24.4. The number of benzene rings is 3. The Morgan fingerprint density at radius 3 is 2.49 bits per heavy atom. The van der Waals surface area contributed by atoms with Gasteiger partial charge in [0.15, 0.2) is 17.3 Å². The van der Waals surface area contributed by atoms with Gasteiger partial charge in [-0.25, -0.2) is 0 Å². The van der Waals surface area contributed by atoms with Crippen LogP contribution in [0.5, 0.6) is 11.5 Å². The van der Waals surface area contributed by atoms with Crippen LogP contribution in [0.1, 0.15) is 48.4 Å². The van der Waals surface area contributed by atoms with E-state index in [1.165, 1.54) is 0 Å². The molecule has 1 aliphatic carbocycles. The Hall–Kier alpha value is -4.33. The number of rotatable bonds is 6. The van der Waals surface area contributed by atoms with Crippen LogP contribution in [0.15, 0.2) is 71.9 Å². The van der Waals surface area contributed by atoms with Gasteiger partial charge in [-0.2, -0.15) is 0 Å². The van der Waals surface area contributed by atoms with Crippen molar-refractivity contribution in [2.75, 3.05) is 24.4 Å². The number of fused-ring (bicyclic) bond motifs is 1. The van der Waals surface area contributed by atoms with E-state index >= 15 is 0 Å². The van der Waals surface area contributed by atoms with Crippen LogP contribution in [0.2, 0.25) is 0 Å². The van der Waals surface area contributed by atoms with Crippen molar-refractivity contribution in [1.82, 2.24) is 0 Å². The molecule has 1 aliphatic heterocycles. The Labute approximate surface area is 215 Å². The summed E-state index contributed by atoms with van der Waals surface area (Å²) >= 11 is 0. The monoisotopic (exact) mass is 499 g/mol. The number of anilines is 2. The van der Waals surface area contributed by atoms with E-state index in [1.807, 2.05) is 55.5 Å². The second-order valence-corrected chi connectivity index (χ2v) is 9.31. The van der Waals surface area contributed by atoms with Gasteiger partial charge in [-0.1, -0.05) is 30.3 Å². The number of ether oxygens (including phenoxy) is 2. The first-order valence-electron chi connectivity index (χ1n) is 12.3. The number of hydrogen-bond donors (Lipinski definition) is 2. The average molecular weight is 500 g/mol. The van der Waals surface area contributed by atoms with Gasteiger partial charge in [-0.05, 0) is 61.6 Å². The predicted octanol–water partition coefficient (Wildman–Crippen LogP) is 6.29. The number of ketones is 1. The predicted molar refractivity (Wildman–Crippen MR) is 142 cm³/mol. The highest BCUT2D eigenvalue weighted by Gasteiger charge is 2.36. The lowest BCUT2D eigenvalue weighted by atomic mass is 9.78. The molecule has 37 heavy (non-hydrogen) atoms. The molecule has 2 atom stereocenters. The summed E-state index contributed by atoms with van der Waals surface area (Å²) in [5, 5.41) is 18.7. The number of aryl methyl sites for hydroxylation is 1. The molecule has 190 valence electrons. The van der Waals surface area contributed by atoms with Crippen LogP contribution in [0.3, 0.4) is 0 Å². The number of methoxy groups -OCH3 is 1. The molecule has 0 radical (unpaired) electrons. The summed E-state index contributed by atoms with van der Waals surface area (Å²) in [5.41, 5.74) is 5.41. The summed E-state index contributed by atoms with van der Waals surface area (Å²) in [6.45, 7) is 4.16. The standard InChI is InChI=1S/C29H29N3O5/c1-4-37-26-12-11-18(16-27(26)36-3)20-13-23-28(25(33)15-20)29(31-22-8-6-5-7-21(22)30-23)19-10-9-17(2)24(14-19)32(34)35/h5-12,14,16,20,29-31H,4,13,15H2,1-3H3. The fraction of sp³-hybridized carbons (Fsp3) is 0.276. The number of para-hydroxylation sites is 2. The first-order valence-corrected chi connectivity index (χ1v) is 12.3. The van der Waals surface area contributed by atoms with Crippen molar-refractivity contribution >= 4 is 22.8 Å². The third-order valence-electron chi connectivity index (χ3n) is 7.03. The van der Waals surface area contributed by atoms with Crippen molar-refractivity contribution < 1.29 is 19.2 Å². The van der Waals surface area contributed by atoms with Gasteiger partial charge in [-0.15, -0.1) is 0 Å². The molecule has 8 nitrogen and oxygen atoms in total. The van der Waals surface area contributed by atoms with Crippen LogP contribution in [0.25, 0.3) is 0 Å². The van der Waals surface area contributed by atoms with Gasteiger partial charge in [0, 0.05) is 29.3 Å². The van der Waals surface area contributed by atoms with E-state index < -0.39 is 6.04 Å². The number of allylic oxidation sites excluding steroid dienone is 1. The maximum Gasteiger partial charge on any atom is 0.272 e. The molecule has 0 spiro atoms. The summed E-state index contributed by atoms with van der Waals surface area (Å²) in [5.74, 6) is 1.25. The topological polar surface area (TPSA) is 103 Å². The number of hydrogen-bond acceptors (Lipinski definition) is 7. The average Bonchev–Trinajstić information content (AvgIpc) is 3.06. The Kier molecular flexibility index (Phi) is 6.56. The van der Waals surface area contributed by atoms with Gasteiger partial charge in [0.05, 0.1) is 36.1 Å². The Morgan fingerprint density at radius 1 is 1.00 bits per heavy atom. The SMILES string of the molecule is CCOc1ccc(C2CC(=O)C3=C(C2)Nc2ccccc2NC3c2ccc(C)c([N+](=O)[O-])c2)cc1OC. The van der Waals surface area contributed by atoms with E-state index in [4.69, 9.17) is 9.47 Å². The van der Waals surface area contributed by atoms with Crippen LogP contribution in [0, 0.1) is 17.0 Å². The molecule has 0 saturated heterocycles. The summed E-state index contributed by atoms with van der Waals surface area (Å²) in [4.78, 5) is 25.1. The van der Waals surface area contributed by atoms with Gasteiger partial charge in [-0.3, -0.25) is 14.9 Å². The van der Waals surface area contributed by atoms with Crippen LogP contribution in [-0.4, -0.2) is 24.4 Å². The van der Waals surface area contributed by atoms with Crippen LogP contribution in [-0.2, 0) is 4.79 Å². The molecule has 3 aromatic carbocycles. The van der Waals surface area contributed by atoms with E-state index in [-0.39, 0.29) is 22.3 Å². The zero-order chi connectivity index (χ0) is 26.1. The van der Waals surface area contributed by atoms with Gasteiger partial charge >= 0.3 is 0 Å². The van der Waals surface area contributed by atoms with E-state index in [1.54, 1.807) is 26.2 Å². The molecule has 1 heterocycles. The summed E-state index contributed by atoms with van der Waals surface area (Å²) in [7, 11) is 1.61. The number of nitro groups is 1. The second-order valence-electron chi connectivity index (χ2n) is 9.31. The zero-order valence-corrected chi connectivity index (χ0v) is 21.0. The number of nitrogens with zero attached hydrogens (tertiary/aromatic N) is 1. The highest BCUT2D eigenvalue weighted by molar-refractivity contribution is 6.01. The minimum atomic E-state index is -0.520. The second kappa shape index (κ2) is 9.97. The zero-order valence-electron chi connectivity index (χ0n) is 21.0. The summed E-state index contributed by atoms with van der Waals surface area (Å²) in [6, 6.07) is 18.2. The maximum absolute atomic E-state index is 13.8. The van der Waals surface area contributed by atoms with Crippen molar-refractivity contribution in [2.45, 2.75) is 38.6 Å². The highest BCUT2D eigenvalue weighted by atomic mass is 16.6. The third kappa shape index (κ3) is 4.62. The summed E-state index contributed by atoms with van der Waals surface area (Å²) in [6.07, 6.45) is 0.929. The number of nitro benzene ring substituents is 1. The molecule has 2 unspecified atom stereocenters. The molecule has 0 fully saturated rings. The van der Waals surface area contributed by atoms with E-state index in [2.05, 4.69) is 10.6 Å². The smallest absolute Gasteiger partial charge is 0.272 e. The Bertz CT molecular complexity index is 1410. The maximum atomic E-state index is 13.8. The largest absolute Gasteiger partial charge is 0.493 e. The van der Waals surface area contributed by atoms with Crippen LogP contribution >= 0.6 is 0 Å². The number of carbonyl (C=O) groups excluding carboxylic acids is 1. The Morgan fingerprint density at radius 2 is 1.76 bits per heavy atom. The van der Waals surface area contributed by atoms with Gasteiger partial charge in [0.2, 0.25) is 0 Å². The molecule has 0 aromatic heterocycles. The van der Waals surface area contributed by atoms with Crippen molar-refractivity contribution in [1.29, 1.82) is 0 Å². The number of Topliss-reactive ketones (excluding diaryl/α,β-unsaturated/α-hetero) is 1. The van der Waals surface area contributed by atoms with Crippen molar-refractivity contribution in [3.63, 3.8) is 0 Å². The normalized spacial score (nSPS) is 18.6. The van der Waals surface area contributed by atoms with Crippen molar-refractivity contribution in [3.8, 4) is 11.5 Å². The van der Waals surface area contributed by atoms with Crippen LogP contribution in [0.4, 0.5) is 17.1 Å². The molecule has 0 saturated carbocycles. The molecular weight excluding hydrogens is 470 g/mol. The number of nitrogens with one attached hydrogen (secondary N) is 2. The van der Waals surface area contributed by atoms with Gasteiger partial charge in [0.25, 0.3) is 5.69 Å². The van der Waals surface area contributed by atoms with E-state index in [0.29, 0.717) is 47.6 Å². The first-order chi connectivity index (χ1) is 17.9. The fourth-order valence-electron chi connectivity index (χ4n) is 5.19. The molecule has 2 N–H and O–H groups in total. The van der Waals surface area contributed by atoms with Crippen LogP contribution < -0.4 is 20.1 Å². The highest BCUT2D eigenvalue weighted by Crippen LogP contribution is 2.45. The van der Waals surface area contributed by atoms with E-state index in [0.717, 1.165) is 22.6 Å². The van der Waals surface area contributed by atoms with Crippen molar-refractivity contribution in [3.05, 3.63) is 98.7 Å². The minimum absolute atomic E-state index is 0.000126. The lowest BCUT2D eigenvalue weighted by Crippen LogP contribution is -2.27. The van der Waals surface area contributed by atoms with Gasteiger partial charge in [0.1, 0.15) is 0 Å². The molecule has 5 rings (SSSR count). The quantitative estimate of drug-likeness (QED) is 0.303. The minimum Gasteiger partial charge on any atom is -0.493 e. The van der Waals surface area contributed by atoms with Crippen molar-refractivity contribution in [2.24, 2.45) is 0 Å². The molecule has 8 heteroatoms.